The molecule has 0 saturated carbocycles. The lowest BCUT2D eigenvalue weighted by Crippen LogP contribution is -2.04. The summed E-state index contributed by atoms with van der Waals surface area (Å²) in [5.74, 6) is 0. The molecule has 2 aromatic carbocycles. The van der Waals surface area contributed by atoms with E-state index in [9.17, 15) is 38.9 Å². The van der Waals surface area contributed by atoms with Crippen molar-refractivity contribution in [1.82, 2.24) is 4.98 Å². The maximum atomic E-state index is 11.4. The van der Waals surface area contributed by atoms with E-state index in [4.69, 9.17) is 0 Å². The molecule has 0 atom stereocenters. The largest absolute Gasteiger partial charge is 0.744 e. The minimum Gasteiger partial charge on any atom is -0.744 e. The van der Waals surface area contributed by atoms with Gasteiger partial charge in [0, 0.05) is 16.3 Å². The van der Waals surface area contributed by atoms with E-state index in [1.165, 1.54) is 0 Å². The van der Waals surface area contributed by atoms with Gasteiger partial charge in [-0.15, -0.1) is 0 Å². The van der Waals surface area contributed by atoms with Gasteiger partial charge in [0.1, 0.15) is 30.4 Å². The van der Waals surface area contributed by atoms with E-state index < -0.39 is 45.0 Å². The molecule has 0 spiro atoms. The minimum atomic E-state index is -5.16. The number of hydrogen-bond acceptors (Lipinski definition) is 9. The van der Waals surface area contributed by atoms with Crippen molar-refractivity contribution in [2.45, 2.75) is 14.7 Å². The summed E-state index contributed by atoms with van der Waals surface area (Å²) in [6, 6.07) is 4.21. The number of aromatic nitrogens is 1. The predicted octanol–water partition coefficient (Wildman–Crippen LogP) is 0.0334. The molecule has 0 aliphatic carbocycles. The summed E-state index contributed by atoms with van der Waals surface area (Å²) in [6.07, 6.45) is 0. The summed E-state index contributed by atoms with van der Waals surface area (Å²) in [5, 5.41) is -0.242. The molecule has 0 unspecified atom stereocenters. The smallest absolute Gasteiger partial charge is 0.126 e. The van der Waals surface area contributed by atoms with E-state index in [0.29, 0.717) is 6.07 Å². The molecular weight excluding hydrogens is 398 g/mol. The standard InChI is InChI=1S/C12H9NO9S3/c14-23(15,16)6-1-2-10-8(3-6)9-4-7(24(17,18)19)5-11(12(9)13-10)25(20,21)22/h1-5,13H,(H,14,15,16)(H,17,18,19)(H,20,21,22)/p-3. The molecule has 0 radical (unpaired) electrons. The van der Waals surface area contributed by atoms with Gasteiger partial charge in [0.05, 0.1) is 20.2 Å². The zero-order valence-corrected chi connectivity index (χ0v) is 14.2. The van der Waals surface area contributed by atoms with Crippen LogP contribution in [0.15, 0.2) is 45.0 Å². The zero-order chi connectivity index (χ0) is 18.8. The number of hydrogen-bond donors (Lipinski definition) is 1. The molecule has 0 fully saturated rings. The van der Waals surface area contributed by atoms with Crippen LogP contribution >= 0.6 is 0 Å². The van der Waals surface area contributed by atoms with Crippen LogP contribution < -0.4 is 0 Å². The Morgan fingerprint density at radius 3 is 1.76 bits per heavy atom. The Labute approximate surface area is 141 Å². The molecule has 3 aromatic rings. The SMILES string of the molecule is O=S(=O)([O-])c1ccc2[nH]c3c(S(=O)(=O)[O-])cc(S(=O)(=O)[O-])cc3c2c1. The van der Waals surface area contributed by atoms with Crippen molar-refractivity contribution in [3.05, 3.63) is 30.3 Å². The van der Waals surface area contributed by atoms with Gasteiger partial charge in [-0.25, -0.2) is 25.3 Å². The molecule has 13 heteroatoms. The molecular formula is C12H6NO9S3-3. The van der Waals surface area contributed by atoms with Gasteiger partial charge >= 0.3 is 0 Å². The number of aromatic amines is 1. The third kappa shape index (κ3) is 3.12. The van der Waals surface area contributed by atoms with Crippen molar-refractivity contribution in [3.8, 4) is 0 Å². The Morgan fingerprint density at radius 1 is 0.680 bits per heavy atom. The normalized spacial score (nSPS) is 13.6. The van der Waals surface area contributed by atoms with E-state index >= 15 is 0 Å². The fraction of sp³-hybridized carbons (Fsp3) is 0. The fourth-order valence-corrected chi connectivity index (χ4v) is 4.20. The first-order chi connectivity index (χ1) is 11.3. The second kappa shape index (κ2) is 5.23. The molecule has 3 rings (SSSR count). The molecule has 134 valence electrons. The topological polar surface area (TPSA) is 187 Å². The van der Waals surface area contributed by atoms with Gasteiger partial charge < -0.3 is 18.6 Å². The Kier molecular flexibility index (Phi) is 3.72. The van der Waals surface area contributed by atoms with Crippen molar-refractivity contribution in [2.75, 3.05) is 0 Å². The Hall–Kier alpha value is -2.03. The second-order valence-corrected chi connectivity index (χ2v) is 9.15. The average Bonchev–Trinajstić information content (AvgIpc) is 2.80. The lowest BCUT2D eigenvalue weighted by molar-refractivity contribution is 0.459. The van der Waals surface area contributed by atoms with Gasteiger partial charge in [0.2, 0.25) is 0 Å². The second-order valence-electron chi connectivity index (χ2n) is 5.04. The monoisotopic (exact) mass is 404 g/mol. The number of fused-ring (bicyclic) bond motifs is 3. The molecule has 1 N–H and O–H groups in total. The average molecular weight is 404 g/mol. The first-order valence-electron chi connectivity index (χ1n) is 6.26. The molecule has 0 saturated heterocycles. The molecule has 0 aliphatic heterocycles. The van der Waals surface area contributed by atoms with E-state index in [-0.39, 0.29) is 21.8 Å². The van der Waals surface area contributed by atoms with Gasteiger partial charge in [-0.05, 0) is 30.3 Å². The van der Waals surface area contributed by atoms with Crippen LogP contribution in [0.2, 0.25) is 0 Å². The lowest BCUT2D eigenvalue weighted by atomic mass is 10.1. The number of H-pyrrole nitrogens is 1. The summed E-state index contributed by atoms with van der Waals surface area (Å²) in [4.78, 5) is -0.0775. The first kappa shape index (κ1) is 17.8. The Balaban J connectivity index is 2.58. The van der Waals surface area contributed by atoms with Crippen molar-refractivity contribution < 1.29 is 38.9 Å². The van der Waals surface area contributed by atoms with E-state index in [2.05, 4.69) is 4.98 Å². The van der Waals surface area contributed by atoms with E-state index in [0.717, 1.165) is 24.3 Å². The molecule has 0 bridgehead atoms. The number of benzene rings is 2. The van der Waals surface area contributed by atoms with Crippen molar-refractivity contribution in [3.63, 3.8) is 0 Å². The van der Waals surface area contributed by atoms with Crippen molar-refractivity contribution in [1.29, 1.82) is 0 Å². The molecule has 0 amide bonds. The zero-order valence-electron chi connectivity index (χ0n) is 11.8. The van der Waals surface area contributed by atoms with Crippen LogP contribution in [0.4, 0.5) is 0 Å². The fourth-order valence-electron chi connectivity index (χ4n) is 2.42. The van der Waals surface area contributed by atoms with Gasteiger partial charge in [0.15, 0.2) is 0 Å². The summed E-state index contributed by atoms with van der Waals surface area (Å²) < 4.78 is 101. The summed E-state index contributed by atoms with van der Waals surface area (Å²) >= 11 is 0. The quantitative estimate of drug-likeness (QED) is 0.587. The van der Waals surface area contributed by atoms with Crippen LogP contribution in [0.3, 0.4) is 0 Å². The third-order valence-electron chi connectivity index (χ3n) is 3.46. The number of nitrogens with one attached hydrogen (secondary N) is 1. The lowest BCUT2D eigenvalue weighted by Gasteiger charge is -2.13. The van der Waals surface area contributed by atoms with Crippen LogP contribution in [-0.2, 0) is 30.4 Å². The minimum absolute atomic E-state index is 0.0395. The Bertz CT molecular complexity index is 1350. The van der Waals surface area contributed by atoms with Crippen LogP contribution in [0, 0.1) is 0 Å². The molecule has 1 aromatic heterocycles. The Morgan fingerprint density at radius 2 is 1.24 bits per heavy atom. The van der Waals surface area contributed by atoms with Crippen LogP contribution in [0.5, 0.6) is 0 Å². The van der Waals surface area contributed by atoms with E-state index in [1.54, 1.807) is 0 Å². The van der Waals surface area contributed by atoms with Gasteiger partial charge in [-0.2, -0.15) is 0 Å². The highest BCUT2D eigenvalue weighted by molar-refractivity contribution is 7.86. The maximum absolute atomic E-state index is 11.4. The van der Waals surface area contributed by atoms with Gasteiger partial charge in [-0.3, -0.25) is 0 Å². The van der Waals surface area contributed by atoms with Gasteiger partial charge in [-0.1, -0.05) is 0 Å². The molecule has 1 heterocycles. The van der Waals surface area contributed by atoms with E-state index in [1.807, 2.05) is 0 Å². The summed E-state index contributed by atoms with van der Waals surface area (Å²) in [6.45, 7) is 0. The predicted molar refractivity (Wildman–Crippen MR) is 79.7 cm³/mol. The summed E-state index contributed by atoms with van der Waals surface area (Å²) in [5.41, 5.74) is -0.175. The van der Waals surface area contributed by atoms with Crippen molar-refractivity contribution >= 4 is 52.2 Å². The summed E-state index contributed by atoms with van der Waals surface area (Å²) in [7, 11) is -15.1. The maximum Gasteiger partial charge on any atom is 0.126 e. The third-order valence-corrected chi connectivity index (χ3v) is 5.97. The molecule has 0 aliphatic rings. The highest BCUT2D eigenvalue weighted by Crippen LogP contribution is 2.33. The number of rotatable bonds is 3. The van der Waals surface area contributed by atoms with Crippen LogP contribution in [0.1, 0.15) is 0 Å². The van der Waals surface area contributed by atoms with Gasteiger partial charge in [0.25, 0.3) is 0 Å². The molecule has 10 nitrogen and oxygen atoms in total. The van der Waals surface area contributed by atoms with Crippen LogP contribution in [-0.4, -0.2) is 43.9 Å². The van der Waals surface area contributed by atoms with Crippen molar-refractivity contribution in [2.24, 2.45) is 0 Å². The van der Waals surface area contributed by atoms with Crippen LogP contribution in [0.25, 0.3) is 21.8 Å². The highest BCUT2D eigenvalue weighted by atomic mass is 32.2. The highest BCUT2D eigenvalue weighted by Gasteiger charge is 2.17. The molecule has 25 heavy (non-hydrogen) atoms. The first-order valence-corrected chi connectivity index (χ1v) is 10.5.